The van der Waals surface area contributed by atoms with Crippen molar-refractivity contribution in [2.24, 2.45) is 0 Å². The monoisotopic (exact) mass is 516 g/mol. The number of nitrogens with one attached hydrogen (secondary N) is 1. The third-order valence-corrected chi connectivity index (χ3v) is 5.50. The van der Waals surface area contributed by atoms with Crippen LogP contribution in [0.25, 0.3) is 11.8 Å². The Morgan fingerprint density at radius 2 is 1.78 bits per heavy atom. The lowest BCUT2D eigenvalue weighted by Crippen LogP contribution is -2.36. The number of aromatic carboxylic acids is 1. The molecule has 0 saturated heterocycles. The lowest BCUT2D eigenvalue weighted by molar-refractivity contribution is -0.131. The fraction of sp³-hybridized carbons (Fsp3) is 0.0769. The number of carbonyl (C=O) groups is 3. The predicted octanol–water partition coefficient (Wildman–Crippen LogP) is 3.69. The van der Waals surface area contributed by atoms with Crippen LogP contribution in [0.15, 0.2) is 85.2 Å². The molecule has 2 amide bonds. The maximum atomic E-state index is 13.2. The van der Waals surface area contributed by atoms with Crippen LogP contribution in [-0.4, -0.2) is 54.5 Å². The number of anilines is 1. The van der Waals surface area contributed by atoms with E-state index in [0.29, 0.717) is 22.0 Å². The van der Waals surface area contributed by atoms with E-state index >= 15 is 0 Å². The van der Waals surface area contributed by atoms with E-state index in [9.17, 15) is 14.4 Å². The van der Waals surface area contributed by atoms with Gasteiger partial charge in [-0.05, 0) is 64.5 Å². The molecule has 0 unspecified atom stereocenters. The van der Waals surface area contributed by atoms with Gasteiger partial charge >= 0.3 is 5.97 Å². The lowest BCUT2D eigenvalue weighted by Gasteiger charge is -2.21. The number of amides is 2. The van der Waals surface area contributed by atoms with Gasteiger partial charge in [-0.1, -0.05) is 41.9 Å². The number of rotatable bonds is 9. The van der Waals surface area contributed by atoms with Crippen molar-refractivity contribution >= 4 is 41.1 Å². The number of hydrogen-bond acceptors (Lipinski definition) is 6. The van der Waals surface area contributed by atoms with Crippen molar-refractivity contribution in [3.05, 3.63) is 107 Å². The summed E-state index contributed by atoms with van der Waals surface area (Å²) in [5.74, 6) is -1.90. The second-order valence-electron chi connectivity index (χ2n) is 7.90. The second-order valence-corrected chi connectivity index (χ2v) is 8.34. The highest BCUT2D eigenvalue weighted by Crippen LogP contribution is 2.20. The summed E-state index contributed by atoms with van der Waals surface area (Å²) in [6.07, 6.45) is 4.38. The van der Waals surface area contributed by atoms with Crippen molar-refractivity contribution in [2.75, 3.05) is 11.9 Å². The molecule has 1 heterocycles. The van der Waals surface area contributed by atoms with Crippen LogP contribution in [0.5, 0.6) is 0 Å². The SMILES string of the molecule is O=C(CN(Cc1ccccc1)C(=O)/C=C/c1cc(Cl)ccc1-n1cnnn1)Nc1ccc(C(=O)O)cc1. The number of carbonyl (C=O) groups excluding carboxylic acids is 2. The molecule has 0 bridgehead atoms. The number of nitrogens with zero attached hydrogens (tertiary/aromatic N) is 5. The summed E-state index contributed by atoms with van der Waals surface area (Å²) in [4.78, 5) is 38.4. The van der Waals surface area contributed by atoms with Gasteiger partial charge in [0, 0.05) is 28.9 Å². The van der Waals surface area contributed by atoms with Crippen molar-refractivity contribution < 1.29 is 19.5 Å². The van der Waals surface area contributed by atoms with Crippen LogP contribution >= 0.6 is 11.6 Å². The number of hydrogen-bond donors (Lipinski definition) is 2. The van der Waals surface area contributed by atoms with E-state index < -0.39 is 17.8 Å². The number of benzene rings is 3. The van der Waals surface area contributed by atoms with Gasteiger partial charge in [0.1, 0.15) is 12.9 Å². The average Bonchev–Trinajstić information content (AvgIpc) is 3.42. The number of halogens is 1. The van der Waals surface area contributed by atoms with E-state index in [1.807, 2.05) is 30.3 Å². The van der Waals surface area contributed by atoms with Gasteiger partial charge in [-0.3, -0.25) is 9.59 Å². The Kier molecular flexibility index (Phi) is 8.01. The summed E-state index contributed by atoms with van der Waals surface area (Å²) in [5.41, 5.74) is 2.60. The van der Waals surface area contributed by atoms with Gasteiger partial charge in [0.15, 0.2) is 0 Å². The van der Waals surface area contributed by atoms with Gasteiger partial charge in [0.05, 0.1) is 11.3 Å². The number of aromatic nitrogens is 4. The van der Waals surface area contributed by atoms with Crippen molar-refractivity contribution in [2.45, 2.75) is 6.54 Å². The molecule has 0 aliphatic heterocycles. The van der Waals surface area contributed by atoms with E-state index in [-0.39, 0.29) is 18.7 Å². The van der Waals surface area contributed by atoms with Crippen molar-refractivity contribution in [3.8, 4) is 5.69 Å². The highest BCUT2D eigenvalue weighted by atomic mass is 35.5. The lowest BCUT2D eigenvalue weighted by atomic mass is 10.1. The Balaban J connectivity index is 1.53. The highest BCUT2D eigenvalue weighted by Gasteiger charge is 2.17. The minimum atomic E-state index is -1.06. The van der Waals surface area contributed by atoms with Crippen molar-refractivity contribution in [1.29, 1.82) is 0 Å². The van der Waals surface area contributed by atoms with Crippen LogP contribution in [0.4, 0.5) is 5.69 Å². The molecule has 0 spiro atoms. The van der Waals surface area contributed by atoms with Crippen molar-refractivity contribution in [3.63, 3.8) is 0 Å². The first-order valence-corrected chi connectivity index (χ1v) is 11.4. The van der Waals surface area contributed by atoms with E-state index in [2.05, 4.69) is 20.8 Å². The van der Waals surface area contributed by atoms with Gasteiger partial charge in [0.2, 0.25) is 11.8 Å². The Labute approximate surface area is 216 Å². The molecule has 2 N–H and O–H groups in total. The van der Waals surface area contributed by atoms with Crippen molar-refractivity contribution in [1.82, 2.24) is 25.1 Å². The molecule has 1 aromatic heterocycles. The standard InChI is InChI=1S/C26H21ClN6O4/c27-21-9-12-23(33-17-28-30-31-33)20(14-21)8-13-25(35)32(15-18-4-2-1-3-5-18)16-24(34)29-22-10-6-19(7-11-22)26(36)37/h1-14,17H,15-16H2,(H,29,34)(H,36,37)/b13-8+. The quantitative estimate of drug-likeness (QED) is 0.324. The van der Waals surface area contributed by atoms with Gasteiger partial charge in [-0.15, -0.1) is 5.10 Å². The number of carboxylic acid groups (broad SMARTS) is 1. The second kappa shape index (κ2) is 11.7. The summed E-state index contributed by atoms with van der Waals surface area (Å²) in [6, 6.07) is 20.1. The topological polar surface area (TPSA) is 130 Å². The molecule has 37 heavy (non-hydrogen) atoms. The molecule has 0 aliphatic rings. The molecule has 4 aromatic rings. The van der Waals surface area contributed by atoms with E-state index in [1.165, 1.54) is 46.3 Å². The third-order valence-electron chi connectivity index (χ3n) is 5.27. The molecule has 0 aliphatic carbocycles. The summed E-state index contributed by atoms with van der Waals surface area (Å²) >= 11 is 6.16. The Morgan fingerprint density at radius 1 is 1.03 bits per heavy atom. The van der Waals surface area contributed by atoms with Gasteiger partial charge in [-0.25, -0.2) is 4.79 Å². The average molecular weight is 517 g/mol. The summed E-state index contributed by atoms with van der Waals surface area (Å²) < 4.78 is 1.45. The first-order valence-electron chi connectivity index (χ1n) is 11.1. The molecule has 0 saturated carbocycles. The van der Waals surface area contributed by atoms with Gasteiger partial charge in [0.25, 0.3) is 0 Å². The van der Waals surface area contributed by atoms with Crippen LogP contribution in [0, 0.1) is 0 Å². The van der Waals surface area contributed by atoms with Gasteiger partial charge < -0.3 is 15.3 Å². The minimum absolute atomic E-state index is 0.103. The molecular weight excluding hydrogens is 496 g/mol. The molecule has 186 valence electrons. The first kappa shape index (κ1) is 25.3. The first-order chi connectivity index (χ1) is 17.9. The van der Waals surface area contributed by atoms with Crippen LogP contribution < -0.4 is 5.32 Å². The summed E-state index contributed by atoms with van der Waals surface area (Å²) in [7, 11) is 0. The molecule has 0 radical (unpaired) electrons. The molecule has 3 aromatic carbocycles. The normalized spacial score (nSPS) is 10.8. The molecule has 10 nitrogen and oxygen atoms in total. The predicted molar refractivity (Wildman–Crippen MR) is 137 cm³/mol. The Morgan fingerprint density at radius 3 is 2.46 bits per heavy atom. The zero-order chi connectivity index (χ0) is 26.2. The maximum absolute atomic E-state index is 13.2. The van der Waals surface area contributed by atoms with Crippen LogP contribution in [0.3, 0.4) is 0 Å². The fourth-order valence-electron chi connectivity index (χ4n) is 3.49. The molecule has 0 atom stereocenters. The Bertz CT molecular complexity index is 1420. The third kappa shape index (κ3) is 6.86. The fourth-order valence-corrected chi connectivity index (χ4v) is 3.67. The summed E-state index contributed by atoms with van der Waals surface area (Å²) in [5, 5.41) is 23.4. The number of tetrazole rings is 1. The van der Waals surface area contributed by atoms with E-state index in [4.69, 9.17) is 16.7 Å². The zero-order valence-corrected chi connectivity index (χ0v) is 20.1. The minimum Gasteiger partial charge on any atom is -0.478 e. The Hall–Kier alpha value is -4.83. The van der Waals surface area contributed by atoms with Crippen LogP contribution in [0.2, 0.25) is 5.02 Å². The maximum Gasteiger partial charge on any atom is 0.335 e. The smallest absolute Gasteiger partial charge is 0.335 e. The van der Waals surface area contributed by atoms with Gasteiger partial charge in [-0.2, -0.15) is 4.68 Å². The molecule has 4 rings (SSSR count). The van der Waals surface area contributed by atoms with E-state index in [1.54, 1.807) is 24.3 Å². The largest absolute Gasteiger partial charge is 0.478 e. The van der Waals surface area contributed by atoms with E-state index in [0.717, 1.165) is 5.56 Å². The zero-order valence-electron chi connectivity index (χ0n) is 19.4. The molecule has 0 fully saturated rings. The van der Waals surface area contributed by atoms with Crippen LogP contribution in [0.1, 0.15) is 21.5 Å². The summed E-state index contributed by atoms with van der Waals surface area (Å²) in [6.45, 7) is -0.0288. The highest BCUT2D eigenvalue weighted by molar-refractivity contribution is 6.30. The number of carboxylic acids is 1. The molecular formula is C26H21ClN6O4. The molecule has 11 heteroatoms. The van der Waals surface area contributed by atoms with Crippen LogP contribution in [-0.2, 0) is 16.1 Å².